The molecule has 0 aliphatic carbocycles. The Balaban J connectivity index is 3.09. The number of nitrogens with zero attached hydrogens (tertiary/aromatic N) is 2. The first-order valence-electron chi connectivity index (χ1n) is 2.75. The van der Waals surface area contributed by atoms with E-state index in [1.165, 1.54) is 0 Å². The Bertz CT molecular complexity index is 404. The van der Waals surface area contributed by atoms with Crippen LogP contribution < -0.4 is 0 Å². The summed E-state index contributed by atoms with van der Waals surface area (Å²) in [5, 5.41) is 1.07. The normalized spacial score (nSPS) is 11.2. The topological polar surface area (TPSA) is 41.6 Å². The fourth-order valence-electron chi connectivity index (χ4n) is 0.783. The van der Waals surface area contributed by atoms with Crippen molar-refractivity contribution in [1.29, 1.82) is 0 Å². The van der Waals surface area contributed by atoms with Crippen LogP contribution in [0.3, 0.4) is 0 Å². The van der Waals surface area contributed by atoms with Crippen LogP contribution >= 0.6 is 20.4 Å². The van der Waals surface area contributed by atoms with Gasteiger partial charge in [0, 0.05) is 5.93 Å². The van der Waals surface area contributed by atoms with Crippen molar-refractivity contribution in [2.75, 3.05) is 0 Å². The van der Waals surface area contributed by atoms with Crippen LogP contribution in [0.25, 0.3) is 10.8 Å². The molecule has 0 saturated heterocycles. The number of H-pyrrole nitrogens is 1. The molecule has 2 aromatic rings. The Morgan fingerprint density at radius 3 is 3.20 bits per heavy atom. The summed E-state index contributed by atoms with van der Waals surface area (Å²) in [6, 6.07) is 0. The van der Waals surface area contributed by atoms with Gasteiger partial charge >= 0.3 is 0 Å². The summed E-state index contributed by atoms with van der Waals surface area (Å²) >= 11 is 4.97. The van der Waals surface area contributed by atoms with Gasteiger partial charge in [-0.3, -0.25) is 0 Å². The zero-order chi connectivity index (χ0) is 6.97. The van der Waals surface area contributed by atoms with E-state index in [2.05, 4.69) is 15.0 Å². The fraction of sp³-hybridized carbons (Fsp3) is 0. The lowest BCUT2D eigenvalue weighted by molar-refractivity contribution is 1.19. The second-order valence-corrected chi connectivity index (χ2v) is 3.27. The van der Waals surface area contributed by atoms with Gasteiger partial charge in [-0.15, -0.1) is 8.19 Å². The minimum Gasteiger partial charge on any atom is -0.330 e. The van der Waals surface area contributed by atoms with Crippen molar-refractivity contribution in [1.82, 2.24) is 15.0 Å². The molecule has 0 bridgehead atoms. The van der Waals surface area contributed by atoms with Gasteiger partial charge in [-0.05, 0) is 0 Å². The van der Waals surface area contributed by atoms with Crippen molar-refractivity contribution in [3.8, 4) is 0 Å². The second-order valence-electron chi connectivity index (χ2n) is 1.83. The number of hydrogen-bond acceptors (Lipinski definition) is 3. The Morgan fingerprint density at radius 2 is 2.40 bits per heavy atom. The van der Waals surface area contributed by atoms with Gasteiger partial charge in [-0.2, -0.15) is 0 Å². The highest BCUT2D eigenvalue weighted by Gasteiger charge is 1.94. The summed E-state index contributed by atoms with van der Waals surface area (Å²) in [5.74, 6) is 1.86. The summed E-state index contributed by atoms with van der Waals surface area (Å²) < 4.78 is 0.671. The van der Waals surface area contributed by atoms with Crippen LogP contribution in [0.4, 0.5) is 0 Å². The van der Waals surface area contributed by atoms with Gasteiger partial charge in [0.15, 0.2) is 0 Å². The average Bonchev–Trinajstić information content (AvgIpc) is 2.36. The standard InChI is InChI=1S/C5H4N3PS/c10-5-3-4(6-1-7-5)8-2-9-3/h1-2,9H,(H,6,7,10). The third kappa shape index (κ3) is 0.770. The third-order valence-corrected chi connectivity index (χ3v) is 2.75. The number of hydrogen-bond donors (Lipinski definition) is 1. The third-order valence-electron chi connectivity index (χ3n) is 1.24. The first kappa shape index (κ1) is 6.01. The summed E-state index contributed by atoms with van der Waals surface area (Å²) in [6.45, 7) is 0. The van der Waals surface area contributed by atoms with Crippen LogP contribution in [-0.4, -0.2) is 15.0 Å². The van der Waals surface area contributed by atoms with Crippen LogP contribution in [0.5, 0.6) is 0 Å². The minimum absolute atomic E-state index is 0.589. The van der Waals surface area contributed by atoms with Crippen molar-refractivity contribution in [2.45, 2.75) is 0 Å². The molecule has 0 aromatic carbocycles. The SMILES string of the molecule is S=c1nc[nH]c2nc[pH]c12. The molecular weight excluding hydrogens is 165 g/mol. The largest absolute Gasteiger partial charge is 0.330 e. The number of nitrogens with one attached hydrogen (secondary N) is 1. The zero-order valence-electron chi connectivity index (χ0n) is 4.96. The van der Waals surface area contributed by atoms with E-state index in [0.717, 1.165) is 10.8 Å². The molecule has 1 unspecified atom stereocenters. The predicted octanol–water partition coefficient (Wildman–Crippen LogP) is 1.72. The fourth-order valence-corrected chi connectivity index (χ4v) is 1.89. The lowest BCUT2D eigenvalue weighted by atomic mass is 10.6. The molecule has 10 heavy (non-hydrogen) atoms. The molecule has 0 fully saturated rings. The first-order valence-corrected chi connectivity index (χ1v) is 4.23. The Morgan fingerprint density at radius 1 is 1.50 bits per heavy atom. The molecule has 0 spiro atoms. The van der Waals surface area contributed by atoms with Gasteiger partial charge in [0.2, 0.25) is 0 Å². The molecule has 2 rings (SSSR count). The van der Waals surface area contributed by atoms with Gasteiger partial charge in [0.05, 0.1) is 11.4 Å². The number of aromatic nitrogens is 3. The summed E-state index contributed by atoms with van der Waals surface area (Å²) in [6.07, 6.45) is 1.58. The van der Waals surface area contributed by atoms with Crippen LogP contribution in [0.15, 0.2) is 12.3 Å². The molecule has 0 saturated carbocycles. The molecule has 3 nitrogen and oxygen atoms in total. The zero-order valence-corrected chi connectivity index (χ0v) is 6.77. The maximum absolute atomic E-state index is 4.97. The number of rotatable bonds is 0. The van der Waals surface area contributed by atoms with Gasteiger partial charge in [0.25, 0.3) is 0 Å². The average molecular weight is 169 g/mol. The van der Waals surface area contributed by atoms with Crippen molar-refractivity contribution in [2.24, 2.45) is 0 Å². The Hall–Kier alpha value is -0.730. The molecule has 0 radical (unpaired) electrons. The Labute approximate surface area is 63.6 Å². The maximum Gasteiger partial charge on any atom is 0.145 e. The molecule has 2 aromatic heterocycles. The molecule has 1 atom stereocenters. The van der Waals surface area contributed by atoms with Crippen molar-refractivity contribution in [3.05, 3.63) is 16.9 Å². The summed E-state index contributed by atoms with van der Waals surface area (Å²) in [7, 11) is 0.589. The first-order chi connectivity index (χ1) is 4.88. The lowest BCUT2D eigenvalue weighted by Gasteiger charge is -1.84. The Kier molecular flexibility index (Phi) is 1.29. The van der Waals surface area contributed by atoms with E-state index in [-0.39, 0.29) is 0 Å². The summed E-state index contributed by atoms with van der Waals surface area (Å²) in [5.41, 5.74) is 0.873. The minimum atomic E-state index is 0.589. The van der Waals surface area contributed by atoms with E-state index in [4.69, 9.17) is 12.2 Å². The van der Waals surface area contributed by atoms with Crippen LogP contribution in [-0.2, 0) is 0 Å². The molecule has 1 N–H and O–H groups in total. The van der Waals surface area contributed by atoms with Gasteiger partial charge < -0.3 is 4.98 Å². The number of aromatic amines is 1. The maximum atomic E-state index is 4.97. The monoisotopic (exact) mass is 169 g/mol. The highest BCUT2D eigenvalue weighted by Crippen LogP contribution is 2.19. The smallest absolute Gasteiger partial charge is 0.145 e. The number of fused-ring (bicyclic) bond motifs is 1. The summed E-state index contributed by atoms with van der Waals surface area (Å²) in [4.78, 5) is 10.9. The van der Waals surface area contributed by atoms with Crippen molar-refractivity contribution in [3.63, 3.8) is 0 Å². The van der Waals surface area contributed by atoms with E-state index in [0.29, 0.717) is 12.8 Å². The van der Waals surface area contributed by atoms with E-state index in [1.54, 1.807) is 6.33 Å². The molecular formula is C5H4N3PS. The molecule has 50 valence electrons. The second kappa shape index (κ2) is 2.15. The lowest BCUT2D eigenvalue weighted by Crippen LogP contribution is -1.78. The van der Waals surface area contributed by atoms with Gasteiger partial charge in [-0.25, -0.2) is 9.97 Å². The van der Waals surface area contributed by atoms with Crippen molar-refractivity contribution < 1.29 is 0 Å². The molecule has 0 aliphatic heterocycles. The van der Waals surface area contributed by atoms with E-state index in [1.807, 2.05) is 5.93 Å². The van der Waals surface area contributed by atoms with Crippen LogP contribution in [0.1, 0.15) is 0 Å². The quantitative estimate of drug-likeness (QED) is 0.610. The van der Waals surface area contributed by atoms with E-state index >= 15 is 0 Å². The highest BCUT2D eigenvalue weighted by atomic mass is 32.1. The van der Waals surface area contributed by atoms with E-state index in [9.17, 15) is 0 Å². The van der Waals surface area contributed by atoms with Gasteiger partial charge in [-0.1, -0.05) is 12.2 Å². The highest BCUT2D eigenvalue weighted by molar-refractivity contribution is 7.72. The molecule has 5 heteroatoms. The molecule has 0 aliphatic rings. The van der Waals surface area contributed by atoms with Crippen molar-refractivity contribution >= 4 is 31.2 Å². The van der Waals surface area contributed by atoms with Crippen LogP contribution in [0, 0.1) is 4.64 Å². The van der Waals surface area contributed by atoms with Crippen LogP contribution in [0.2, 0.25) is 0 Å². The molecule has 0 amide bonds. The predicted molar refractivity (Wildman–Crippen MR) is 44.2 cm³/mol. The van der Waals surface area contributed by atoms with E-state index < -0.39 is 0 Å². The molecule has 2 heterocycles. The van der Waals surface area contributed by atoms with Gasteiger partial charge in [0.1, 0.15) is 10.3 Å².